The third kappa shape index (κ3) is 3.58. The Morgan fingerprint density at radius 1 is 1.20 bits per heavy atom. The predicted octanol–water partition coefficient (Wildman–Crippen LogP) is 2.31. The quantitative estimate of drug-likeness (QED) is 0.673. The van der Waals surface area contributed by atoms with Gasteiger partial charge >= 0.3 is 6.03 Å². The summed E-state index contributed by atoms with van der Waals surface area (Å²) in [5.74, 6) is 0. The van der Waals surface area contributed by atoms with E-state index in [2.05, 4.69) is 34.7 Å². The second-order valence-corrected chi connectivity index (χ2v) is 4.75. The Balaban J connectivity index is 1.98. The summed E-state index contributed by atoms with van der Waals surface area (Å²) < 4.78 is 0. The molecule has 6 nitrogen and oxygen atoms in total. The average molecular weight is 273 g/mol. The van der Waals surface area contributed by atoms with Gasteiger partial charge in [-0.15, -0.1) is 0 Å². The number of benzene rings is 1. The molecular weight excluding hydrogens is 254 g/mol. The molecule has 2 amide bonds. The van der Waals surface area contributed by atoms with Crippen molar-refractivity contribution >= 4 is 11.7 Å². The van der Waals surface area contributed by atoms with E-state index in [-0.39, 0.29) is 12.1 Å². The van der Waals surface area contributed by atoms with Crippen molar-refractivity contribution in [2.45, 2.75) is 25.9 Å². The standard InChI is InChI=1S/C14H19N5O/c1-9(18-10(2)12-7-16-17-8-12)11-3-5-13(6-4-11)19-14(15)20/h3-10,18H,1-2H3,(H,16,17)(H3,15,19,20). The van der Waals surface area contributed by atoms with E-state index in [1.165, 1.54) is 0 Å². The zero-order valence-corrected chi connectivity index (χ0v) is 11.6. The van der Waals surface area contributed by atoms with E-state index >= 15 is 0 Å². The van der Waals surface area contributed by atoms with Gasteiger partial charge in [0.1, 0.15) is 0 Å². The second kappa shape index (κ2) is 6.21. The van der Waals surface area contributed by atoms with Gasteiger partial charge in [0.2, 0.25) is 0 Å². The zero-order chi connectivity index (χ0) is 14.5. The van der Waals surface area contributed by atoms with Gasteiger partial charge in [-0.05, 0) is 31.5 Å². The molecule has 2 rings (SSSR count). The zero-order valence-electron chi connectivity index (χ0n) is 11.6. The topological polar surface area (TPSA) is 95.8 Å². The van der Waals surface area contributed by atoms with Crippen molar-refractivity contribution in [1.82, 2.24) is 15.5 Å². The minimum Gasteiger partial charge on any atom is -0.351 e. The lowest BCUT2D eigenvalue weighted by atomic mass is 10.1. The fourth-order valence-corrected chi connectivity index (χ4v) is 2.06. The Morgan fingerprint density at radius 3 is 2.40 bits per heavy atom. The molecule has 2 aromatic rings. The van der Waals surface area contributed by atoms with Crippen LogP contribution in [0, 0.1) is 0 Å². The molecule has 6 heteroatoms. The van der Waals surface area contributed by atoms with Crippen LogP contribution >= 0.6 is 0 Å². The molecule has 1 aromatic carbocycles. The Bertz CT molecular complexity index is 549. The van der Waals surface area contributed by atoms with Crippen molar-refractivity contribution in [2.24, 2.45) is 5.73 Å². The van der Waals surface area contributed by atoms with Crippen LogP contribution in [-0.4, -0.2) is 16.2 Å². The summed E-state index contributed by atoms with van der Waals surface area (Å²) >= 11 is 0. The van der Waals surface area contributed by atoms with E-state index in [0.717, 1.165) is 11.1 Å². The number of aromatic amines is 1. The summed E-state index contributed by atoms with van der Waals surface area (Å²) in [4.78, 5) is 10.8. The number of carbonyl (C=O) groups is 1. The second-order valence-electron chi connectivity index (χ2n) is 4.75. The Morgan fingerprint density at radius 2 is 1.85 bits per heavy atom. The lowest BCUT2D eigenvalue weighted by Gasteiger charge is -2.19. The van der Waals surface area contributed by atoms with Crippen molar-refractivity contribution < 1.29 is 4.79 Å². The van der Waals surface area contributed by atoms with Crippen molar-refractivity contribution in [3.8, 4) is 0 Å². The first kappa shape index (κ1) is 14.1. The van der Waals surface area contributed by atoms with Gasteiger partial charge in [-0.25, -0.2) is 4.79 Å². The molecule has 1 heterocycles. The lowest BCUT2D eigenvalue weighted by Crippen LogP contribution is -2.22. The third-order valence-electron chi connectivity index (χ3n) is 3.20. The number of nitrogens with two attached hydrogens (primary N) is 1. The third-order valence-corrected chi connectivity index (χ3v) is 3.20. The van der Waals surface area contributed by atoms with Crippen molar-refractivity contribution in [3.05, 3.63) is 47.8 Å². The lowest BCUT2D eigenvalue weighted by molar-refractivity contribution is 0.259. The maximum absolute atomic E-state index is 10.8. The van der Waals surface area contributed by atoms with Crippen LogP contribution in [0.2, 0.25) is 0 Å². The number of aromatic nitrogens is 2. The van der Waals surface area contributed by atoms with Gasteiger partial charge in [-0.1, -0.05) is 12.1 Å². The molecule has 0 radical (unpaired) electrons. The summed E-state index contributed by atoms with van der Waals surface area (Å²) in [5.41, 5.74) is 8.01. The molecule has 2 unspecified atom stereocenters. The van der Waals surface area contributed by atoms with E-state index in [1.807, 2.05) is 36.7 Å². The van der Waals surface area contributed by atoms with Gasteiger partial charge in [-0.3, -0.25) is 5.10 Å². The number of rotatable bonds is 5. The largest absolute Gasteiger partial charge is 0.351 e. The summed E-state index contributed by atoms with van der Waals surface area (Å²) in [5, 5.41) is 12.8. The van der Waals surface area contributed by atoms with Crippen molar-refractivity contribution in [3.63, 3.8) is 0 Å². The van der Waals surface area contributed by atoms with E-state index < -0.39 is 6.03 Å². The van der Waals surface area contributed by atoms with E-state index in [4.69, 9.17) is 5.73 Å². The molecule has 0 aliphatic carbocycles. The number of amides is 2. The molecule has 0 aliphatic rings. The van der Waals surface area contributed by atoms with E-state index in [1.54, 1.807) is 0 Å². The predicted molar refractivity (Wildman–Crippen MR) is 78.2 cm³/mol. The van der Waals surface area contributed by atoms with Crippen LogP contribution in [-0.2, 0) is 0 Å². The Kier molecular flexibility index (Phi) is 4.37. The fraction of sp³-hybridized carbons (Fsp3) is 0.286. The van der Waals surface area contributed by atoms with Crippen LogP contribution in [0.4, 0.5) is 10.5 Å². The molecule has 106 valence electrons. The maximum atomic E-state index is 10.8. The molecule has 0 fully saturated rings. The van der Waals surface area contributed by atoms with Crippen molar-refractivity contribution in [2.75, 3.05) is 5.32 Å². The molecule has 2 atom stereocenters. The first-order chi connectivity index (χ1) is 9.56. The summed E-state index contributed by atoms with van der Waals surface area (Å²) in [7, 11) is 0. The molecule has 0 saturated heterocycles. The van der Waals surface area contributed by atoms with Gasteiger partial charge in [0.05, 0.1) is 6.20 Å². The Labute approximate surface area is 117 Å². The minimum absolute atomic E-state index is 0.183. The number of carbonyl (C=O) groups excluding carboxylic acids is 1. The molecule has 0 saturated carbocycles. The highest BCUT2D eigenvalue weighted by Crippen LogP contribution is 2.20. The maximum Gasteiger partial charge on any atom is 0.316 e. The SMILES string of the molecule is CC(NC(C)c1cn[nH]c1)c1ccc(NC(N)=O)cc1. The molecule has 1 aromatic heterocycles. The number of H-pyrrole nitrogens is 1. The highest BCUT2D eigenvalue weighted by molar-refractivity contribution is 5.87. The number of urea groups is 1. The highest BCUT2D eigenvalue weighted by Gasteiger charge is 2.11. The highest BCUT2D eigenvalue weighted by atomic mass is 16.2. The monoisotopic (exact) mass is 273 g/mol. The van der Waals surface area contributed by atoms with Gasteiger partial charge in [0.25, 0.3) is 0 Å². The van der Waals surface area contributed by atoms with Crippen LogP contribution in [0.25, 0.3) is 0 Å². The molecule has 0 spiro atoms. The first-order valence-electron chi connectivity index (χ1n) is 6.47. The number of hydrogen-bond acceptors (Lipinski definition) is 3. The van der Waals surface area contributed by atoms with Crippen LogP contribution in [0.1, 0.15) is 37.1 Å². The molecule has 0 bridgehead atoms. The Hall–Kier alpha value is -2.34. The summed E-state index contributed by atoms with van der Waals surface area (Å²) in [6, 6.07) is 7.42. The number of hydrogen-bond donors (Lipinski definition) is 4. The normalized spacial score (nSPS) is 13.7. The van der Waals surface area contributed by atoms with Crippen LogP contribution < -0.4 is 16.4 Å². The van der Waals surface area contributed by atoms with Crippen LogP contribution in [0.3, 0.4) is 0 Å². The fourth-order valence-electron chi connectivity index (χ4n) is 2.06. The number of nitrogens with one attached hydrogen (secondary N) is 3. The first-order valence-corrected chi connectivity index (χ1v) is 6.47. The number of primary amides is 1. The number of nitrogens with zero attached hydrogens (tertiary/aromatic N) is 1. The molecular formula is C14H19N5O. The molecule has 20 heavy (non-hydrogen) atoms. The van der Waals surface area contributed by atoms with Gasteiger partial charge in [0.15, 0.2) is 0 Å². The smallest absolute Gasteiger partial charge is 0.316 e. The van der Waals surface area contributed by atoms with Crippen molar-refractivity contribution in [1.29, 1.82) is 0 Å². The van der Waals surface area contributed by atoms with Gasteiger partial charge in [0, 0.05) is 29.5 Å². The summed E-state index contributed by atoms with van der Waals surface area (Å²) in [6.45, 7) is 4.18. The summed E-state index contributed by atoms with van der Waals surface area (Å²) in [6.07, 6.45) is 3.69. The van der Waals surface area contributed by atoms with Gasteiger partial charge in [-0.2, -0.15) is 5.10 Å². The minimum atomic E-state index is -0.558. The van der Waals surface area contributed by atoms with Crippen LogP contribution in [0.5, 0.6) is 0 Å². The van der Waals surface area contributed by atoms with E-state index in [9.17, 15) is 4.79 Å². The van der Waals surface area contributed by atoms with Gasteiger partial charge < -0.3 is 16.4 Å². The molecule has 5 N–H and O–H groups in total. The van der Waals surface area contributed by atoms with E-state index in [0.29, 0.717) is 5.69 Å². The average Bonchev–Trinajstić information content (AvgIpc) is 2.92. The number of anilines is 1. The molecule has 0 aliphatic heterocycles. The van der Waals surface area contributed by atoms with Crippen LogP contribution in [0.15, 0.2) is 36.7 Å².